The maximum absolute atomic E-state index is 13.9. The lowest BCUT2D eigenvalue weighted by Crippen LogP contribution is -2.60. The molecule has 2 aliphatic heterocycles. The molecule has 2 bridgehead atoms. The quantitative estimate of drug-likeness (QED) is 0.556. The van der Waals surface area contributed by atoms with Crippen LogP contribution in [0.3, 0.4) is 0 Å². The van der Waals surface area contributed by atoms with E-state index in [1.54, 1.807) is 15.6 Å². The summed E-state index contributed by atoms with van der Waals surface area (Å²) in [4.78, 5) is 21.1. The van der Waals surface area contributed by atoms with Crippen molar-refractivity contribution < 1.29 is 22.4 Å². The number of nitrogens with zero attached hydrogens (tertiary/aromatic N) is 7. The molecule has 0 aromatic carbocycles. The summed E-state index contributed by atoms with van der Waals surface area (Å²) in [5.41, 5.74) is 1.90. The second kappa shape index (κ2) is 7.16. The van der Waals surface area contributed by atoms with Gasteiger partial charge in [0.25, 0.3) is 5.92 Å². The van der Waals surface area contributed by atoms with Crippen molar-refractivity contribution in [3.05, 3.63) is 31.0 Å². The molecular weight excluding hydrogens is 442 g/mol. The number of carbonyl (C=O) groups is 1. The highest BCUT2D eigenvalue weighted by Gasteiger charge is 2.56. The zero-order valence-corrected chi connectivity index (χ0v) is 17.5. The summed E-state index contributed by atoms with van der Waals surface area (Å²) in [6.45, 7) is -1.73. The summed E-state index contributed by atoms with van der Waals surface area (Å²) < 4.78 is 55.7. The number of alkyl halides is 4. The number of halogens is 4. The van der Waals surface area contributed by atoms with E-state index in [0.29, 0.717) is 40.2 Å². The first-order valence-electron chi connectivity index (χ1n) is 10.9. The number of hydrogen-bond acceptors (Lipinski definition) is 5. The van der Waals surface area contributed by atoms with Gasteiger partial charge in [-0.2, -0.15) is 19.0 Å². The summed E-state index contributed by atoms with van der Waals surface area (Å²) in [6.07, 6.45) is 7.35. The summed E-state index contributed by atoms with van der Waals surface area (Å²) in [7, 11) is 0. The zero-order chi connectivity index (χ0) is 22.9. The van der Waals surface area contributed by atoms with Gasteiger partial charge < -0.3 is 9.80 Å². The van der Waals surface area contributed by atoms with Crippen LogP contribution in [-0.2, 0) is 4.79 Å². The maximum Gasteiger partial charge on any atom is 0.333 e. The molecule has 1 saturated carbocycles. The summed E-state index contributed by atoms with van der Waals surface area (Å²) >= 11 is 0. The molecule has 3 fully saturated rings. The molecular formula is C21H21F4N7O. The van der Waals surface area contributed by atoms with Crippen LogP contribution in [0.5, 0.6) is 0 Å². The van der Waals surface area contributed by atoms with E-state index in [4.69, 9.17) is 0 Å². The Bertz CT molecular complexity index is 1210. The van der Waals surface area contributed by atoms with E-state index in [1.165, 1.54) is 18.7 Å². The summed E-state index contributed by atoms with van der Waals surface area (Å²) in [5, 5.41) is 7.92. The van der Waals surface area contributed by atoms with E-state index in [2.05, 4.69) is 20.1 Å². The van der Waals surface area contributed by atoms with Gasteiger partial charge >= 0.3 is 6.55 Å². The van der Waals surface area contributed by atoms with Crippen molar-refractivity contribution in [3.8, 4) is 11.1 Å². The van der Waals surface area contributed by atoms with Crippen LogP contribution in [0.2, 0.25) is 0 Å². The van der Waals surface area contributed by atoms with Gasteiger partial charge in [-0.15, -0.1) is 0 Å². The number of anilines is 1. The largest absolute Gasteiger partial charge is 0.351 e. The molecule has 6 rings (SSSR count). The zero-order valence-electron chi connectivity index (χ0n) is 17.5. The number of rotatable bonds is 4. The average molecular weight is 463 g/mol. The third-order valence-electron chi connectivity index (χ3n) is 7.13. The van der Waals surface area contributed by atoms with Gasteiger partial charge in [0.05, 0.1) is 6.20 Å². The minimum atomic E-state index is -2.90. The lowest BCUT2D eigenvalue weighted by atomic mass is 9.79. The maximum atomic E-state index is 13.9. The monoisotopic (exact) mass is 463 g/mol. The number of amides is 1. The van der Waals surface area contributed by atoms with E-state index in [1.807, 2.05) is 6.07 Å². The fraction of sp³-hybridized carbons (Fsp3) is 0.524. The highest BCUT2D eigenvalue weighted by atomic mass is 19.3. The van der Waals surface area contributed by atoms with Crippen molar-refractivity contribution in [2.24, 2.45) is 5.92 Å². The van der Waals surface area contributed by atoms with Crippen LogP contribution in [0.15, 0.2) is 31.0 Å². The third kappa shape index (κ3) is 3.17. The van der Waals surface area contributed by atoms with Crippen LogP contribution in [0.1, 0.15) is 32.2 Å². The van der Waals surface area contributed by atoms with Crippen LogP contribution in [0.25, 0.3) is 16.6 Å². The van der Waals surface area contributed by atoms with E-state index in [-0.39, 0.29) is 24.9 Å². The Morgan fingerprint density at radius 1 is 1.06 bits per heavy atom. The topological polar surface area (TPSA) is 71.6 Å². The number of hydrogen-bond donors (Lipinski definition) is 0. The minimum absolute atomic E-state index is 0.138. The predicted molar refractivity (Wildman–Crippen MR) is 109 cm³/mol. The van der Waals surface area contributed by atoms with Crippen molar-refractivity contribution in [2.45, 2.75) is 50.2 Å². The van der Waals surface area contributed by atoms with Crippen LogP contribution in [0, 0.1) is 5.92 Å². The van der Waals surface area contributed by atoms with Gasteiger partial charge in [-0.3, -0.25) is 4.79 Å². The summed E-state index contributed by atoms with van der Waals surface area (Å²) in [5.74, 6) is -3.85. The molecule has 5 heterocycles. The van der Waals surface area contributed by atoms with E-state index in [0.717, 1.165) is 12.8 Å². The lowest BCUT2D eigenvalue weighted by molar-refractivity contribution is -0.174. The van der Waals surface area contributed by atoms with Gasteiger partial charge in [-0.1, -0.05) is 0 Å². The normalized spacial score (nSPS) is 26.3. The van der Waals surface area contributed by atoms with E-state index in [9.17, 15) is 22.4 Å². The van der Waals surface area contributed by atoms with Gasteiger partial charge in [-0.05, 0) is 25.3 Å². The highest BCUT2D eigenvalue weighted by Crippen LogP contribution is 2.46. The number of fused-ring (bicyclic) bond motifs is 3. The smallest absolute Gasteiger partial charge is 0.333 e. The molecule has 2 saturated heterocycles. The molecule has 3 aromatic heterocycles. The minimum Gasteiger partial charge on any atom is -0.351 e. The molecule has 3 atom stereocenters. The van der Waals surface area contributed by atoms with Crippen molar-refractivity contribution in [2.75, 3.05) is 18.0 Å². The first-order chi connectivity index (χ1) is 15.8. The molecule has 3 aliphatic rings. The van der Waals surface area contributed by atoms with E-state index < -0.39 is 24.3 Å². The number of carbonyl (C=O) groups excluding carboxylic acids is 1. The average Bonchev–Trinajstić information content (AvgIpc) is 3.48. The second-order valence-electron chi connectivity index (χ2n) is 9.02. The van der Waals surface area contributed by atoms with Gasteiger partial charge in [0.1, 0.15) is 17.8 Å². The first kappa shape index (κ1) is 20.4. The van der Waals surface area contributed by atoms with Crippen LogP contribution in [-0.4, -0.2) is 66.3 Å². The molecule has 8 nitrogen and oxygen atoms in total. The van der Waals surface area contributed by atoms with Crippen LogP contribution < -0.4 is 4.90 Å². The van der Waals surface area contributed by atoms with Gasteiger partial charge in [0.2, 0.25) is 5.91 Å². The van der Waals surface area contributed by atoms with Crippen molar-refractivity contribution >= 4 is 17.2 Å². The molecule has 12 heteroatoms. The Hall–Kier alpha value is -3.18. The molecule has 1 aliphatic carbocycles. The Kier molecular flexibility index (Phi) is 4.43. The molecule has 33 heavy (non-hydrogen) atoms. The first-order valence-corrected chi connectivity index (χ1v) is 10.9. The molecule has 3 unspecified atom stereocenters. The summed E-state index contributed by atoms with van der Waals surface area (Å²) in [6, 6.07) is 1.54. The third-order valence-corrected chi connectivity index (χ3v) is 7.13. The van der Waals surface area contributed by atoms with Crippen molar-refractivity contribution in [1.29, 1.82) is 0 Å². The molecule has 174 valence electrons. The van der Waals surface area contributed by atoms with Crippen LogP contribution >= 0.6 is 0 Å². The fourth-order valence-electron chi connectivity index (χ4n) is 5.34. The highest BCUT2D eigenvalue weighted by molar-refractivity contribution is 5.83. The Morgan fingerprint density at radius 3 is 2.42 bits per heavy atom. The van der Waals surface area contributed by atoms with E-state index >= 15 is 0 Å². The van der Waals surface area contributed by atoms with Crippen molar-refractivity contribution in [3.63, 3.8) is 0 Å². The number of piperazine rings is 1. The lowest BCUT2D eigenvalue weighted by Gasteiger charge is -2.45. The standard InChI is InChI=1S/C21H21F4N7O/c22-20(23)31-8-13(6-27-31)12-5-17-18(26-11-28-30(17)7-12)29-9-14-1-2-15(10-29)32(14)19(33)16-3-4-21(16,24)25/h5-8,11,14-16,20H,1-4,9-10H2. The van der Waals surface area contributed by atoms with Gasteiger partial charge in [0.15, 0.2) is 5.82 Å². The SMILES string of the molecule is O=C(C1CCC1(F)F)N1C2CCC1CN(c1ncnn3cc(-c4cnn(C(F)F)c4)cc13)C2. The van der Waals surface area contributed by atoms with Crippen LogP contribution in [0.4, 0.5) is 23.4 Å². The Morgan fingerprint density at radius 2 is 1.82 bits per heavy atom. The van der Waals surface area contributed by atoms with Crippen molar-refractivity contribution in [1.82, 2.24) is 29.3 Å². The number of aromatic nitrogens is 5. The molecule has 0 N–H and O–H groups in total. The predicted octanol–water partition coefficient (Wildman–Crippen LogP) is 3.21. The fourth-order valence-corrected chi connectivity index (χ4v) is 5.34. The molecule has 3 aromatic rings. The molecule has 1 amide bonds. The molecule has 0 radical (unpaired) electrons. The molecule has 0 spiro atoms. The van der Waals surface area contributed by atoms with Gasteiger partial charge in [-0.25, -0.2) is 23.0 Å². The van der Waals surface area contributed by atoms with Gasteiger partial charge in [0, 0.05) is 55.1 Å². The second-order valence-corrected chi connectivity index (χ2v) is 9.02. The Balaban J connectivity index is 1.27. The Labute approximate surface area is 185 Å².